The third-order valence-electron chi connectivity index (χ3n) is 7.93. The zero-order valence-electron chi connectivity index (χ0n) is 17.9. The van der Waals surface area contributed by atoms with E-state index in [0.717, 1.165) is 11.9 Å². The second-order valence-corrected chi connectivity index (χ2v) is 9.60. The van der Waals surface area contributed by atoms with Gasteiger partial charge in [0.05, 0.1) is 23.8 Å². The topological polar surface area (TPSA) is 48.3 Å². The Labute approximate surface area is 182 Å². The highest BCUT2D eigenvalue weighted by Gasteiger charge is 2.57. The van der Waals surface area contributed by atoms with E-state index in [0.29, 0.717) is 23.9 Å². The van der Waals surface area contributed by atoms with E-state index in [1.807, 2.05) is 12.1 Å². The van der Waals surface area contributed by atoms with Gasteiger partial charge in [0, 0.05) is 23.0 Å². The van der Waals surface area contributed by atoms with Crippen LogP contribution in [0.25, 0.3) is 22.2 Å². The Kier molecular flexibility index (Phi) is 4.14. The number of hydrogen-bond donors (Lipinski definition) is 0. The Balaban J connectivity index is 1.68. The summed E-state index contributed by atoms with van der Waals surface area (Å²) in [7, 11) is 1.42. The van der Waals surface area contributed by atoms with Crippen LogP contribution in [0.2, 0.25) is 0 Å². The van der Waals surface area contributed by atoms with Crippen LogP contribution >= 0.6 is 0 Å². The van der Waals surface area contributed by atoms with E-state index in [9.17, 15) is 9.59 Å². The number of aldehydes is 1. The molecule has 2 heterocycles. The normalized spacial score (nSPS) is 24.6. The van der Waals surface area contributed by atoms with Crippen LogP contribution in [0, 0.1) is 5.41 Å². The van der Waals surface area contributed by atoms with Crippen molar-refractivity contribution in [2.45, 2.75) is 56.9 Å². The molecular weight excluding hydrogens is 386 g/mol. The standard InChI is InChI=1S/C27H27NO3/c1-31-26(30)18-11-12-21-23(13-18)28-15-27(16-29)14-22(27)19-9-5-6-10-20(19)25(28)24(21)17-7-3-2-4-8-17/h5-6,9-13,16-17,22H,2-4,7-8,14-15H2,1H3. The monoisotopic (exact) mass is 413 g/mol. The van der Waals surface area contributed by atoms with Gasteiger partial charge >= 0.3 is 5.97 Å². The number of fused-ring (bicyclic) bond motifs is 7. The predicted molar refractivity (Wildman–Crippen MR) is 120 cm³/mol. The molecule has 1 aromatic heterocycles. The van der Waals surface area contributed by atoms with Crippen molar-refractivity contribution in [1.29, 1.82) is 0 Å². The number of rotatable bonds is 3. The van der Waals surface area contributed by atoms with Gasteiger partial charge in [-0.3, -0.25) is 0 Å². The molecule has 0 bridgehead atoms. The van der Waals surface area contributed by atoms with Crippen molar-refractivity contribution in [3.8, 4) is 11.3 Å². The van der Waals surface area contributed by atoms with Gasteiger partial charge in [-0.25, -0.2) is 4.79 Å². The second-order valence-electron chi connectivity index (χ2n) is 9.60. The molecule has 3 aromatic rings. The summed E-state index contributed by atoms with van der Waals surface area (Å²) in [5.74, 6) is 0.491. The van der Waals surface area contributed by atoms with Crippen LogP contribution in [0.4, 0.5) is 0 Å². The summed E-state index contributed by atoms with van der Waals surface area (Å²) in [5, 5.41) is 1.23. The number of methoxy groups -OCH3 is 1. The molecule has 2 saturated carbocycles. The first-order valence-corrected chi connectivity index (χ1v) is 11.5. The molecule has 0 amide bonds. The third-order valence-corrected chi connectivity index (χ3v) is 7.93. The van der Waals surface area contributed by atoms with Crippen molar-refractivity contribution >= 4 is 23.2 Å². The first-order valence-electron chi connectivity index (χ1n) is 11.5. The minimum absolute atomic E-state index is 0.291. The van der Waals surface area contributed by atoms with Gasteiger partial charge in [0.15, 0.2) is 0 Å². The zero-order chi connectivity index (χ0) is 21.2. The van der Waals surface area contributed by atoms with Crippen LogP contribution in [-0.2, 0) is 16.1 Å². The van der Waals surface area contributed by atoms with E-state index in [4.69, 9.17) is 4.74 Å². The van der Waals surface area contributed by atoms with Gasteiger partial charge in [-0.1, -0.05) is 49.6 Å². The Morgan fingerprint density at radius 1 is 1.13 bits per heavy atom. The molecule has 0 spiro atoms. The molecule has 2 aromatic carbocycles. The molecule has 2 atom stereocenters. The van der Waals surface area contributed by atoms with Crippen LogP contribution in [-0.4, -0.2) is 23.9 Å². The van der Waals surface area contributed by atoms with E-state index in [1.165, 1.54) is 73.3 Å². The molecule has 2 fully saturated rings. The number of benzene rings is 2. The maximum Gasteiger partial charge on any atom is 0.337 e. The Morgan fingerprint density at radius 2 is 1.94 bits per heavy atom. The van der Waals surface area contributed by atoms with Gasteiger partial charge in [-0.05, 0) is 54.4 Å². The van der Waals surface area contributed by atoms with Crippen molar-refractivity contribution in [1.82, 2.24) is 4.57 Å². The molecule has 3 aliphatic rings. The van der Waals surface area contributed by atoms with Crippen molar-refractivity contribution < 1.29 is 14.3 Å². The fourth-order valence-electron chi connectivity index (χ4n) is 6.27. The highest BCUT2D eigenvalue weighted by molar-refractivity contribution is 5.99. The molecule has 31 heavy (non-hydrogen) atoms. The second kappa shape index (κ2) is 6.81. The number of ether oxygens (including phenoxy) is 1. The molecule has 158 valence electrons. The van der Waals surface area contributed by atoms with Crippen molar-refractivity contribution in [3.63, 3.8) is 0 Å². The van der Waals surface area contributed by atoms with Crippen LogP contribution in [0.5, 0.6) is 0 Å². The number of esters is 1. The molecule has 1 aliphatic heterocycles. The molecule has 4 nitrogen and oxygen atoms in total. The van der Waals surface area contributed by atoms with Gasteiger partial charge in [-0.15, -0.1) is 0 Å². The quantitative estimate of drug-likeness (QED) is 0.401. The number of carbonyl (C=O) groups is 2. The van der Waals surface area contributed by atoms with Crippen LogP contribution in [0.1, 0.15) is 71.8 Å². The lowest BCUT2D eigenvalue weighted by Crippen LogP contribution is -2.14. The van der Waals surface area contributed by atoms with Gasteiger partial charge in [0.25, 0.3) is 0 Å². The average Bonchev–Trinajstić information content (AvgIpc) is 3.48. The van der Waals surface area contributed by atoms with Gasteiger partial charge in [-0.2, -0.15) is 0 Å². The lowest BCUT2D eigenvalue weighted by molar-refractivity contribution is -0.112. The summed E-state index contributed by atoms with van der Waals surface area (Å²) < 4.78 is 7.35. The third kappa shape index (κ3) is 2.67. The van der Waals surface area contributed by atoms with Crippen molar-refractivity contribution in [3.05, 3.63) is 59.2 Å². The first kappa shape index (κ1) is 18.9. The van der Waals surface area contributed by atoms with Gasteiger partial charge < -0.3 is 14.1 Å². The minimum Gasteiger partial charge on any atom is -0.465 e. The van der Waals surface area contributed by atoms with E-state index in [-0.39, 0.29) is 11.4 Å². The summed E-state index contributed by atoms with van der Waals surface area (Å²) in [6.07, 6.45) is 8.33. The molecule has 2 unspecified atom stereocenters. The lowest BCUT2D eigenvalue weighted by Gasteiger charge is -2.24. The summed E-state index contributed by atoms with van der Waals surface area (Å²) >= 11 is 0. The van der Waals surface area contributed by atoms with Crippen LogP contribution in [0.15, 0.2) is 42.5 Å². The number of hydrogen-bond acceptors (Lipinski definition) is 3. The fraction of sp³-hybridized carbons (Fsp3) is 0.407. The maximum atomic E-state index is 12.3. The molecular formula is C27H27NO3. The van der Waals surface area contributed by atoms with E-state index in [2.05, 4.69) is 34.9 Å². The highest BCUT2D eigenvalue weighted by Crippen LogP contribution is 2.63. The van der Waals surface area contributed by atoms with Crippen LogP contribution in [0.3, 0.4) is 0 Å². The van der Waals surface area contributed by atoms with Crippen LogP contribution < -0.4 is 0 Å². The molecule has 0 N–H and O–H groups in total. The summed E-state index contributed by atoms with van der Waals surface area (Å²) in [6.45, 7) is 0.680. The molecule has 0 saturated heterocycles. The minimum atomic E-state index is -0.335. The number of nitrogens with zero attached hydrogens (tertiary/aromatic N) is 1. The first-order chi connectivity index (χ1) is 15.2. The molecule has 2 aliphatic carbocycles. The average molecular weight is 414 g/mol. The zero-order valence-corrected chi connectivity index (χ0v) is 17.9. The summed E-state index contributed by atoms with van der Waals surface area (Å²) in [5.41, 5.74) is 6.55. The highest BCUT2D eigenvalue weighted by atomic mass is 16.5. The molecule has 6 rings (SSSR count). The Hall–Kier alpha value is -2.88. The van der Waals surface area contributed by atoms with Gasteiger partial charge in [0.2, 0.25) is 0 Å². The SMILES string of the molecule is COC(=O)c1ccc2c(C3CCCCC3)c3n(c2c1)CC1(C=O)CC1c1ccccc1-3. The fourth-order valence-corrected chi connectivity index (χ4v) is 6.27. The van der Waals surface area contributed by atoms with Crippen molar-refractivity contribution in [2.75, 3.05) is 7.11 Å². The van der Waals surface area contributed by atoms with E-state index < -0.39 is 0 Å². The predicted octanol–water partition coefficient (Wildman–Crippen LogP) is 5.83. The molecule has 0 radical (unpaired) electrons. The Morgan fingerprint density at radius 3 is 2.71 bits per heavy atom. The number of carbonyl (C=O) groups excluding carboxylic acids is 2. The lowest BCUT2D eigenvalue weighted by atomic mass is 9.81. The Bertz CT molecular complexity index is 1220. The maximum absolute atomic E-state index is 12.3. The van der Waals surface area contributed by atoms with Gasteiger partial charge in [0.1, 0.15) is 6.29 Å². The smallest absolute Gasteiger partial charge is 0.337 e. The molecule has 4 heteroatoms. The summed E-state index contributed by atoms with van der Waals surface area (Å²) in [6, 6.07) is 14.6. The summed E-state index contributed by atoms with van der Waals surface area (Å²) in [4.78, 5) is 24.6. The van der Waals surface area contributed by atoms with E-state index >= 15 is 0 Å². The van der Waals surface area contributed by atoms with Crippen molar-refractivity contribution in [2.24, 2.45) is 5.41 Å². The van der Waals surface area contributed by atoms with E-state index in [1.54, 1.807) is 0 Å². The number of aromatic nitrogens is 1. The largest absolute Gasteiger partial charge is 0.465 e.